The zero-order valence-corrected chi connectivity index (χ0v) is 15.9. The van der Waals surface area contributed by atoms with E-state index in [1.54, 1.807) is 26.4 Å². The second-order valence-electron chi connectivity index (χ2n) is 6.32. The molecule has 6 nitrogen and oxygen atoms in total. The Morgan fingerprint density at radius 3 is 2.59 bits per heavy atom. The zero-order valence-electron chi connectivity index (χ0n) is 15.1. The topological polar surface area (TPSA) is 72.7 Å². The Hall–Kier alpha value is -3.06. The molecule has 0 spiro atoms. The van der Waals surface area contributed by atoms with Gasteiger partial charge in [-0.05, 0) is 49.0 Å². The van der Waals surface area contributed by atoms with Gasteiger partial charge in [-0.2, -0.15) is 0 Å². The third-order valence-electron chi connectivity index (χ3n) is 4.64. The molecule has 27 heavy (non-hydrogen) atoms. The van der Waals surface area contributed by atoms with Crippen LogP contribution in [0.5, 0.6) is 11.5 Å². The maximum atomic E-state index is 12.8. The van der Waals surface area contributed by atoms with Crippen LogP contribution in [0.2, 0.25) is 0 Å². The number of fused-ring (bicyclic) bond motifs is 3. The molecule has 2 heterocycles. The smallest absolute Gasteiger partial charge is 0.344 e. The van der Waals surface area contributed by atoms with Crippen LogP contribution in [0.1, 0.15) is 22.7 Å². The largest absolute Gasteiger partial charge is 0.493 e. The van der Waals surface area contributed by atoms with Crippen LogP contribution in [0.3, 0.4) is 0 Å². The fourth-order valence-electron chi connectivity index (χ4n) is 3.36. The zero-order chi connectivity index (χ0) is 19.1. The fraction of sp³-hybridized carbons (Fsp3) is 0.200. The van der Waals surface area contributed by atoms with E-state index >= 15 is 0 Å². The first-order valence-electron chi connectivity index (χ1n) is 8.38. The highest BCUT2D eigenvalue weighted by Gasteiger charge is 2.30. The van der Waals surface area contributed by atoms with Crippen molar-refractivity contribution in [2.45, 2.75) is 13.0 Å². The van der Waals surface area contributed by atoms with E-state index in [4.69, 9.17) is 26.1 Å². The van der Waals surface area contributed by atoms with Gasteiger partial charge in [0.25, 0.3) is 0 Å². The van der Waals surface area contributed by atoms with Crippen LogP contribution in [0.25, 0.3) is 11.0 Å². The molecule has 4 rings (SSSR count). The lowest BCUT2D eigenvalue weighted by Gasteiger charge is -2.29. The van der Waals surface area contributed by atoms with Gasteiger partial charge in [0.2, 0.25) is 0 Å². The molecule has 0 saturated heterocycles. The Morgan fingerprint density at radius 2 is 1.85 bits per heavy atom. The molecular weight excluding hydrogens is 364 g/mol. The van der Waals surface area contributed by atoms with Crippen molar-refractivity contribution < 1.29 is 13.9 Å². The van der Waals surface area contributed by atoms with E-state index in [0.717, 1.165) is 16.5 Å². The van der Waals surface area contributed by atoms with Crippen molar-refractivity contribution in [3.05, 3.63) is 63.5 Å². The molecule has 7 heteroatoms. The number of hydrogen-bond acceptors (Lipinski definition) is 5. The van der Waals surface area contributed by atoms with Crippen LogP contribution in [-0.2, 0) is 0 Å². The summed E-state index contributed by atoms with van der Waals surface area (Å²) in [6.07, 6.45) is 0. The molecule has 1 aliphatic heterocycles. The lowest BCUT2D eigenvalue weighted by Crippen LogP contribution is -2.41. The molecule has 0 fully saturated rings. The van der Waals surface area contributed by atoms with Crippen molar-refractivity contribution in [1.29, 1.82) is 0 Å². The Kier molecular flexibility index (Phi) is 4.24. The highest BCUT2D eigenvalue weighted by Crippen LogP contribution is 2.37. The molecule has 1 aromatic heterocycles. The number of benzene rings is 2. The molecule has 1 atom stereocenters. The van der Waals surface area contributed by atoms with Crippen LogP contribution in [0.4, 0.5) is 5.69 Å². The SMILES string of the molecule is COc1ccc(C2NC(=S)Nc3c2c(=O)oc2ccc(C)cc32)cc1OC. The summed E-state index contributed by atoms with van der Waals surface area (Å²) in [7, 11) is 3.15. The average Bonchev–Trinajstić information content (AvgIpc) is 2.67. The quantitative estimate of drug-likeness (QED) is 0.530. The Balaban J connectivity index is 1.96. The Labute approximate surface area is 161 Å². The van der Waals surface area contributed by atoms with Gasteiger partial charge in [-0.1, -0.05) is 17.7 Å². The van der Waals surface area contributed by atoms with Crippen LogP contribution in [0, 0.1) is 6.92 Å². The molecule has 0 saturated carbocycles. The number of nitrogens with one attached hydrogen (secondary N) is 2. The van der Waals surface area contributed by atoms with Gasteiger partial charge in [-0.3, -0.25) is 0 Å². The summed E-state index contributed by atoms with van der Waals surface area (Å²) in [4.78, 5) is 12.8. The molecule has 1 unspecified atom stereocenters. The van der Waals surface area contributed by atoms with Gasteiger partial charge in [-0.25, -0.2) is 4.79 Å². The first kappa shape index (κ1) is 17.4. The van der Waals surface area contributed by atoms with Crippen LogP contribution in [-0.4, -0.2) is 19.3 Å². The van der Waals surface area contributed by atoms with Gasteiger partial charge in [0.1, 0.15) is 5.58 Å². The van der Waals surface area contributed by atoms with E-state index < -0.39 is 11.7 Å². The van der Waals surface area contributed by atoms with Crippen molar-refractivity contribution in [1.82, 2.24) is 5.32 Å². The summed E-state index contributed by atoms with van der Waals surface area (Å²) in [5.41, 5.74) is 3.14. The summed E-state index contributed by atoms with van der Waals surface area (Å²) in [5, 5.41) is 7.55. The van der Waals surface area contributed by atoms with E-state index in [1.165, 1.54) is 0 Å². The molecule has 0 aliphatic carbocycles. The predicted molar refractivity (Wildman–Crippen MR) is 108 cm³/mol. The van der Waals surface area contributed by atoms with E-state index in [2.05, 4.69) is 10.6 Å². The lowest BCUT2D eigenvalue weighted by atomic mass is 9.95. The van der Waals surface area contributed by atoms with E-state index in [0.29, 0.717) is 33.4 Å². The van der Waals surface area contributed by atoms with Crippen molar-refractivity contribution in [3.8, 4) is 11.5 Å². The second kappa shape index (κ2) is 6.59. The number of ether oxygens (including phenoxy) is 2. The van der Waals surface area contributed by atoms with Crippen molar-refractivity contribution >= 4 is 34.0 Å². The minimum Gasteiger partial charge on any atom is -0.493 e. The summed E-state index contributed by atoms with van der Waals surface area (Å²) < 4.78 is 16.3. The normalized spacial score (nSPS) is 15.7. The predicted octanol–water partition coefficient (Wildman–Crippen LogP) is 3.51. The van der Waals surface area contributed by atoms with Crippen molar-refractivity contribution in [2.75, 3.05) is 19.5 Å². The average molecular weight is 382 g/mol. The number of hydrogen-bond donors (Lipinski definition) is 2. The molecule has 138 valence electrons. The van der Waals surface area contributed by atoms with Crippen molar-refractivity contribution in [2.24, 2.45) is 0 Å². The van der Waals surface area contributed by atoms with Gasteiger partial charge in [0.15, 0.2) is 16.6 Å². The molecule has 0 amide bonds. The van der Waals surface area contributed by atoms with Gasteiger partial charge >= 0.3 is 5.63 Å². The van der Waals surface area contributed by atoms with Crippen LogP contribution in [0.15, 0.2) is 45.6 Å². The molecule has 0 bridgehead atoms. The van der Waals surface area contributed by atoms with Gasteiger partial charge in [0.05, 0.1) is 31.5 Å². The van der Waals surface area contributed by atoms with E-state index in [9.17, 15) is 4.79 Å². The summed E-state index contributed by atoms with van der Waals surface area (Å²) in [6.45, 7) is 1.99. The van der Waals surface area contributed by atoms with Crippen molar-refractivity contribution in [3.63, 3.8) is 0 Å². The number of aryl methyl sites for hydroxylation is 1. The first-order valence-corrected chi connectivity index (χ1v) is 8.79. The number of rotatable bonds is 3. The number of anilines is 1. The number of thiocarbonyl (C=S) groups is 1. The highest BCUT2D eigenvalue weighted by atomic mass is 32.1. The standard InChI is InChI=1S/C20H18N2O4S/c1-10-4-6-13-12(8-10)18-16(19(23)26-13)17(21-20(27)22-18)11-5-7-14(24-2)15(9-11)25-3/h4-9,17H,1-3H3,(H2,21,22,27). The summed E-state index contributed by atoms with van der Waals surface area (Å²) in [6, 6.07) is 10.7. The first-order chi connectivity index (χ1) is 13.0. The maximum Gasteiger partial charge on any atom is 0.344 e. The Morgan fingerprint density at radius 1 is 1.07 bits per heavy atom. The Bertz CT molecular complexity index is 1120. The summed E-state index contributed by atoms with van der Waals surface area (Å²) >= 11 is 5.40. The molecule has 0 radical (unpaired) electrons. The summed E-state index contributed by atoms with van der Waals surface area (Å²) in [5.74, 6) is 1.18. The second-order valence-corrected chi connectivity index (χ2v) is 6.73. The molecule has 2 N–H and O–H groups in total. The molecule has 2 aromatic carbocycles. The lowest BCUT2D eigenvalue weighted by molar-refractivity contribution is 0.354. The number of methoxy groups -OCH3 is 2. The van der Waals surface area contributed by atoms with Gasteiger partial charge < -0.3 is 24.5 Å². The molecule has 1 aliphatic rings. The molecular formula is C20H18N2O4S. The monoisotopic (exact) mass is 382 g/mol. The van der Waals surface area contributed by atoms with Gasteiger partial charge in [0, 0.05) is 5.39 Å². The highest BCUT2D eigenvalue weighted by molar-refractivity contribution is 7.80. The molecule has 3 aromatic rings. The van der Waals surface area contributed by atoms with E-state index in [-0.39, 0.29) is 0 Å². The van der Waals surface area contributed by atoms with Crippen LogP contribution >= 0.6 is 12.2 Å². The van der Waals surface area contributed by atoms with Gasteiger partial charge in [-0.15, -0.1) is 0 Å². The third kappa shape index (κ3) is 2.90. The minimum atomic E-state index is -0.463. The van der Waals surface area contributed by atoms with E-state index in [1.807, 2.05) is 31.2 Å². The third-order valence-corrected chi connectivity index (χ3v) is 4.86. The fourth-order valence-corrected chi connectivity index (χ4v) is 3.58. The van der Waals surface area contributed by atoms with Crippen LogP contribution < -0.4 is 25.7 Å². The minimum absolute atomic E-state index is 0.413. The maximum absolute atomic E-state index is 12.8.